The average molecular weight is 261 g/mol. The minimum absolute atomic E-state index is 0.0210. The lowest BCUT2D eigenvalue weighted by atomic mass is 10.3. The van der Waals surface area contributed by atoms with Crippen molar-refractivity contribution in [3.8, 4) is 6.07 Å². The minimum atomic E-state index is -4.32. The van der Waals surface area contributed by atoms with Gasteiger partial charge in [0, 0.05) is 6.42 Å². The first-order chi connectivity index (χ1) is 8.49. The lowest BCUT2D eigenvalue weighted by Gasteiger charge is -2.05. The first-order valence-corrected chi connectivity index (χ1v) is 5.36. The predicted octanol–water partition coefficient (Wildman–Crippen LogP) is 1.82. The maximum atomic E-state index is 11.8. The number of alkyl halides is 3. The second-order valence-electron chi connectivity index (χ2n) is 4.04. The number of hydrogen-bond donors (Lipinski definition) is 0. The topological polar surface area (TPSA) is 71.9 Å². The van der Waals surface area contributed by atoms with E-state index >= 15 is 0 Å². The summed E-state index contributed by atoms with van der Waals surface area (Å²) in [6, 6.07) is 2.09. The molecule has 1 saturated carbocycles. The van der Waals surface area contributed by atoms with Gasteiger partial charge in [-0.3, -0.25) is 0 Å². The summed E-state index contributed by atoms with van der Waals surface area (Å²) in [6.45, 7) is -1.40. The van der Waals surface area contributed by atoms with Gasteiger partial charge in [-0.25, -0.2) is 0 Å². The smallest absolute Gasteiger partial charge is 0.372 e. The molecule has 18 heavy (non-hydrogen) atoms. The van der Waals surface area contributed by atoms with Crippen LogP contribution < -0.4 is 0 Å². The fraction of sp³-hybridized carbons (Fsp3) is 0.700. The Labute approximate surface area is 101 Å². The van der Waals surface area contributed by atoms with Gasteiger partial charge in [0.25, 0.3) is 0 Å². The molecular formula is C10H10F3N3O2. The summed E-state index contributed by atoms with van der Waals surface area (Å²) in [4.78, 5) is 4.01. The molecule has 2 rings (SSSR count). The molecule has 0 spiro atoms. The van der Waals surface area contributed by atoms with Gasteiger partial charge in [0.1, 0.15) is 6.61 Å². The summed E-state index contributed by atoms with van der Waals surface area (Å²) in [6.07, 6.45) is -3.47. The molecule has 5 nitrogen and oxygen atoms in total. The van der Waals surface area contributed by atoms with Crippen molar-refractivity contribution in [3.63, 3.8) is 0 Å². The zero-order valence-corrected chi connectivity index (χ0v) is 9.28. The van der Waals surface area contributed by atoms with Crippen molar-refractivity contribution in [1.82, 2.24) is 10.1 Å². The standard InChI is InChI=1S/C10H10F3N3O2/c11-10(12,13)5-17-2-1-8-15-9(18-16-8)7-3-6(7)4-14/h6-7H,1-3,5H2. The van der Waals surface area contributed by atoms with Gasteiger partial charge in [-0.1, -0.05) is 5.16 Å². The van der Waals surface area contributed by atoms with E-state index in [1.807, 2.05) is 0 Å². The molecule has 0 saturated heterocycles. The number of hydrogen-bond acceptors (Lipinski definition) is 5. The first kappa shape index (κ1) is 12.8. The number of ether oxygens (including phenoxy) is 1. The fourth-order valence-corrected chi connectivity index (χ4v) is 1.48. The second kappa shape index (κ2) is 4.94. The SMILES string of the molecule is N#CC1CC1c1nc(CCOCC(F)(F)F)no1. The molecule has 98 valence electrons. The zero-order valence-electron chi connectivity index (χ0n) is 9.28. The number of nitriles is 1. The molecule has 2 unspecified atom stereocenters. The maximum Gasteiger partial charge on any atom is 0.411 e. The van der Waals surface area contributed by atoms with Crippen LogP contribution in [-0.2, 0) is 11.2 Å². The highest BCUT2D eigenvalue weighted by atomic mass is 19.4. The Morgan fingerprint density at radius 3 is 2.89 bits per heavy atom. The van der Waals surface area contributed by atoms with Gasteiger partial charge >= 0.3 is 6.18 Å². The quantitative estimate of drug-likeness (QED) is 0.756. The van der Waals surface area contributed by atoms with E-state index in [4.69, 9.17) is 9.78 Å². The highest BCUT2D eigenvalue weighted by Crippen LogP contribution is 2.45. The normalized spacial score (nSPS) is 22.8. The molecule has 1 heterocycles. The van der Waals surface area contributed by atoms with Crippen molar-refractivity contribution in [2.45, 2.75) is 24.9 Å². The van der Waals surface area contributed by atoms with Crippen LogP contribution in [0.1, 0.15) is 24.1 Å². The third-order valence-electron chi connectivity index (χ3n) is 2.49. The van der Waals surface area contributed by atoms with Crippen LogP contribution in [0.2, 0.25) is 0 Å². The third kappa shape index (κ3) is 3.43. The van der Waals surface area contributed by atoms with E-state index in [0.717, 1.165) is 0 Å². The molecule has 0 aromatic carbocycles. The van der Waals surface area contributed by atoms with Crippen molar-refractivity contribution >= 4 is 0 Å². The largest absolute Gasteiger partial charge is 0.411 e. The van der Waals surface area contributed by atoms with Crippen LogP contribution in [-0.4, -0.2) is 29.5 Å². The van der Waals surface area contributed by atoms with Crippen LogP contribution in [0.5, 0.6) is 0 Å². The Balaban J connectivity index is 1.73. The van der Waals surface area contributed by atoms with E-state index in [2.05, 4.69) is 20.9 Å². The predicted molar refractivity (Wildman–Crippen MR) is 51.3 cm³/mol. The average Bonchev–Trinajstić information content (AvgIpc) is 2.94. The zero-order chi connectivity index (χ0) is 13.2. The summed E-state index contributed by atoms with van der Waals surface area (Å²) >= 11 is 0. The summed E-state index contributed by atoms with van der Waals surface area (Å²) in [7, 11) is 0. The molecule has 1 aromatic heterocycles. The monoisotopic (exact) mass is 261 g/mol. The second-order valence-corrected chi connectivity index (χ2v) is 4.04. The van der Waals surface area contributed by atoms with E-state index in [9.17, 15) is 13.2 Å². The molecule has 0 bridgehead atoms. The van der Waals surface area contributed by atoms with E-state index in [1.165, 1.54) is 0 Å². The van der Waals surface area contributed by atoms with Gasteiger partial charge in [0.2, 0.25) is 5.89 Å². The third-order valence-corrected chi connectivity index (χ3v) is 2.49. The van der Waals surface area contributed by atoms with Crippen LogP contribution in [0.3, 0.4) is 0 Å². The van der Waals surface area contributed by atoms with Crippen LogP contribution >= 0.6 is 0 Å². The lowest BCUT2D eigenvalue weighted by molar-refractivity contribution is -0.173. The Morgan fingerprint density at radius 1 is 1.50 bits per heavy atom. The first-order valence-electron chi connectivity index (χ1n) is 5.36. The molecule has 1 aliphatic rings. The van der Waals surface area contributed by atoms with Crippen LogP contribution in [0.15, 0.2) is 4.52 Å². The number of halogens is 3. The molecule has 0 N–H and O–H groups in total. The summed E-state index contributed by atoms with van der Waals surface area (Å²) in [5.41, 5.74) is 0. The van der Waals surface area contributed by atoms with Crippen LogP contribution in [0, 0.1) is 17.2 Å². The molecule has 1 aromatic rings. The Bertz CT molecular complexity index is 452. The maximum absolute atomic E-state index is 11.8. The molecule has 0 aliphatic heterocycles. The molecule has 1 aliphatic carbocycles. The Hall–Kier alpha value is -1.62. The molecule has 1 fully saturated rings. The summed E-state index contributed by atoms with van der Waals surface area (Å²) in [5, 5.41) is 12.3. The highest BCUT2D eigenvalue weighted by molar-refractivity contribution is 5.15. The van der Waals surface area contributed by atoms with Gasteiger partial charge in [0.15, 0.2) is 5.82 Å². The van der Waals surface area contributed by atoms with Crippen molar-refractivity contribution < 1.29 is 22.4 Å². The van der Waals surface area contributed by atoms with Gasteiger partial charge in [0.05, 0.1) is 24.5 Å². The Kier molecular flexibility index (Phi) is 3.52. The van der Waals surface area contributed by atoms with Crippen molar-refractivity contribution in [2.75, 3.05) is 13.2 Å². The molecule has 0 radical (unpaired) electrons. The van der Waals surface area contributed by atoms with E-state index in [1.54, 1.807) is 0 Å². The van der Waals surface area contributed by atoms with Gasteiger partial charge in [-0.05, 0) is 6.42 Å². The highest BCUT2D eigenvalue weighted by Gasteiger charge is 2.43. The van der Waals surface area contributed by atoms with E-state index in [0.29, 0.717) is 18.1 Å². The van der Waals surface area contributed by atoms with E-state index < -0.39 is 12.8 Å². The van der Waals surface area contributed by atoms with Crippen molar-refractivity contribution in [2.24, 2.45) is 5.92 Å². The molecule has 2 atom stereocenters. The van der Waals surface area contributed by atoms with E-state index in [-0.39, 0.29) is 24.9 Å². The summed E-state index contributed by atoms with van der Waals surface area (Å²) < 4.78 is 44.7. The van der Waals surface area contributed by atoms with Crippen molar-refractivity contribution in [1.29, 1.82) is 5.26 Å². The molecular weight excluding hydrogens is 251 g/mol. The Morgan fingerprint density at radius 2 is 2.28 bits per heavy atom. The van der Waals surface area contributed by atoms with Gasteiger partial charge < -0.3 is 9.26 Å². The number of nitrogens with zero attached hydrogens (tertiary/aromatic N) is 3. The minimum Gasteiger partial charge on any atom is -0.372 e. The molecule has 0 amide bonds. The molecule has 8 heteroatoms. The van der Waals surface area contributed by atoms with Crippen molar-refractivity contribution in [3.05, 3.63) is 11.7 Å². The fourth-order valence-electron chi connectivity index (χ4n) is 1.48. The van der Waals surface area contributed by atoms with Crippen LogP contribution in [0.25, 0.3) is 0 Å². The summed E-state index contributed by atoms with van der Waals surface area (Å²) in [5.74, 6) is 0.579. The number of aromatic nitrogens is 2. The number of rotatable bonds is 5. The van der Waals surface area contributed by atoms with Gasteiger partial charge in [-0.15, -0.1) is 0 Å². The lowest BCUT2D eigenvalue weighted by Crippen LogP contribution is -2.18. The van der Waals surface area contributed by atoms with Gasteiger partial charge in [-0.2, -0.15) is 23.4 Å². The van der Waals surface area contributed by atoms with Crippen LogP contribution in [0.4, 0.5) is 13.2 Å².